The molecule has 0 radical (unpaired) electrons. The van der Waals surface area contributed by atoms with Gasteiger partial charge in [0.1, 0.15) is 5.54 Å². The maximum atomic E-state index is 12.6. The van der Waals surface area contributed by atoms with Gasteiger partial charge in [0.15, 0.2) is 11.5 Å². The Morgan fingerprint density at radius 1 is 1.28 bits per heavy atom. The molecule has 2 aliphatic rings. The van der Waals surface area contributed by atoms with Gasteiger partial charge in [-0.1, -0.05) is 6.07 Å². The van der Waals surface area contributed by atoms with Gasteiger partial charge in [-0.05, 0) is 24.6 Å². The van der Waals surface area contributed by atoms with Crippen LogP contribution in [0, 0.1) is 11.8 Å². The van der Waals surface area contributed by atoms with E-state index in [1.807, 2.05) is 0 Å². The largest absolute Gasteiger partial charge is 0.504 e. The smallest absolute Gasteiger partial charge is 0.326 e. The van der Waals surface area contributed by atoms with E-state index in [1.165, 1.54) is 27.3 Å². The second-order valence-corrected chi connectivity index (χ2v) is 6.49. The van der Waals surface area contributed by atoms with Crippen LogP contribution in [-0.2, 0) is 19.1 Å². The lowest BCUT2D eigenvalue weighted by atomic mass is 9.80. The van der Waals surface area contributed by atoms with E-state index in [4.69, 9.17) is 9.47 Å². The summed E-state index contributed by atoms with van der Waals surface area (Å²) in [5, 5.41) is 12.9. The summed E-state index contributed by atoms with van der Waals surface area (Å²) in [6.07, 6.45) is 0. The lowest BCUT2D eigenvalue weighted by Gasteiger charge is -2.27. The average Bonchev–Trinajstić information content (AvgIpc) is 3.04. The molecule has 2 amide bonds. The Kier molecular flexibility index (Phi) is 3.95. The maximum absolute atomic E-state index is 12.6. The van der Waals surface area contributed by atoms with Gasteiger partial charge >= 0.3 is 5.97 Å². The summed E-state index contributed by atoms with van der Waals surface area (Å²) in [6.45, 7) is 1.57. The van der Waals surface area contributed by atoms with Gasteiger partial charge < -0.3 is 14.6 Å². The molecule has 134 valence electrons. The van der Waals surface area contributed by atoms with Crippen molar-refractivity contribution in [3.05, 3.63) is 23.8 Å². The Morgan fingerprint density at radius 2 is 1.96 bits per heavy atom. The SMILES string of the molecule is COC(=O)[C@]1(C)N[C@H](c2ccc(O)c(OC)c2)[C@@H]2C(=O)N(C)C(=O)[C@H]21. The molecular formula is C17H20N2O6. The topological polar surface area (TPSA) is 105 Å². The molecule has 2 fully saturated rings. The van der Waals surface area contributed by atoms with Crippen LogP contribution in [0.15, 0.2) is 18.2 Å². The number of rotatable bonds is 3. The third-order valence-corrected chi connectivity index (χ3v) is 5.18. The van der Waals surface area contributed by atoms with Crippen LogP contribution in [0.1, 0.15) is 18.5 Å². The van der Waals surface area contributed by atoms with E-state index in [1.54, 1.807) is 19.1 Å². The van der Waals surface area contributed by atoms with Crippen LogP contribution in [0.5, 0.6) is 11.5 Å². The number of hydrogen-bond donors (Lipinski definition) is 2. The predicted octanol–water partition coefficient (Wildman–Crippen LogP) is 0.208. The van der Waals surface area contributed by atoms with Crippen molar-refractivity contribution in [1.82, 2.24) is 10.2 Å². The molecule has 0 bridgehead atoms. The van der Waals surface area contributed by atoms with E-state index >= 15 is 0 Å². The molecule has 2 heterocycles. The molecule has 1 aromatic carbocycles. The molecule has 25 heavy (non-hydrogen) atoms. The second-order valence-electron chi connectivity index (χ2n) is 6.49. The maximum Gasteiger partial charge on any atom is 0.326 e. The second kappa shape index (κ2) is 5.73. The first-order valence-corrected chi connectivity index (χ1v) is 7.80. The number of esters is 1. The van der Waals surface area contributed by atoms with Crippen molar-refractivity contribution in [3.8, 4) is 11.5 Å². The van der Waals surface area contributed by atoms with E-state index in [-0.39, 0.29) is 17.4 Å². The lowest BCUT2D eigenvalue weighted by molar-refractivity contribution is -0.152. The summed E-state index contributed by atoms with van der Waals surface area (Å²) in [6, 6.07) is 4.07. The molecule has 2 N–H and O–H groups in total. The zero-order valence-corrected chi connectivity index (χ0v) is 14.4. The monoisotopic (exact) mass is 348 g/mol. The first-order valence-electron chi connectivity index (χ1n) is 7.80. The molecule has 8 nitrogen and oxygen atoms in total. The standard InChI is InChI=1S/C17H20N2O6/c1-17(16(23)25-4)12-11(14(21)19(2)15(12)22)13(18-17)8-5-6-9(20)10(7-8)24-3/h5-7,11-13,18,20H,1-4H3/t11-,12+,13-,17-/m1/s1. The summed E-state index contributed by atoms with van der Waals surface area (Å²) in [5.74, 6) is -2.77. The van der Waals surface area contributed by atoms with Crippen LogP contribution in [0.3, 0.4) is 0 Å². The summed E-state index contributed by atoms with van der Waals surface area (Å²) in [4.78, 5) is 38.6. The highest BCUT2D eigenvalue weighted by Crippen LogP contribution is 2.49. The summed E-state index contributed by atoms with van der Waals surface area (Å²) >= 11 is 0. The van der Waals surface area contributed by atoms with Gasteiger partial charge in [-0.3, -0.25) is 24.6 Å². The number of aromatic hydroxyl groups is 1. The molecular weight excluding hydrogens is 328 g/mol. The van der Waals surface area contributed by atoms with Crippen molar-refractivity contribution in [1.29, 1.82) is 0 Å². The van der Waals surface area contributed by atoms with E-state index < -0.39 is 35.3 Å². The molecule has 0 saturated carbocycles. The van der Waals surface area contributed by atoms with Crippen molar-refractivity contribution in [3.63, 3.8) is 0 Å². The Morgan fingerprint density at radius 3 is 2.56 bits per heavy atom. The number of nitrogens with zero attached hydrogens (tertiary/aromatic N) is 1. The average molecular weight is 348 g/mol. The molecule has 0 aromatic heterocycles. The number of phenolic OH excluding ortho intramolecular Hbond substituents is 1. The highest BCUT2D eigenvalue weighted by atomic mass is 16.5. The van der Waals surface area contributed by atoms with Crippen LogP contribution in [0.2, 0.25) is 0 Å². The third kappa shape index (κ3) is 2.28. The number of phenols is 1. The summed E-state index contributed by atoms with van der Waals surface area (Å²) in [7, 11) is 4.07. The zero-order chi connectivity index (χ0) is 18.5. The summed E-state index contributed by atoms with van der Waals surface area (Å²) < 4.78 is 9.98. The Labute approximate surface area is 144 Å². The first-order chi connectivity index (χ1) is 11.8. The number of likely N-dealkylation sites (tertiary alicyclic amines) is 1. The minimum absolute atomic E-state index is 0.0394. The predicted molar refractivity (Wildman–Crippen MR) is 85.7 cm³/mol. The lowest BCUT2D eigenvalue weighted by Crippen LogP contribution is -2.53. The van der Waals surface area contributed by atoms with Crippen molar-refractivity contribution in [2.75, 3.05) is 21.3 Å². The van der Waals surface area contributed by atoms with Gasteiger partial charge in [-0.15, -0.1) is 0 Å². The van der Waals surface area contributed by atoms with Gasteiger partial charge in [0.25, 0.3) is 0 Å². The number of hydrogen-bond acceptors (Lipinski definition) is 7. The Hall–Kier alpha value is -2.61. The third-order valence-electron chi connectivity index (χ3n) is 5.18. The molecule has 0 spiro atoms. The number of nitrogens with one attached hydrogen (secondary N) is 1. The number of carbonyl (C=O) groups is 3. The van der Waals surface area contributed by atoms with Crippen molar-refractivity contribution in [2.24, 2.45) is 11.8 Å². The number of fused-ring (bicyclic) bond motifs is 1. The van der Waals surface area contributed by atoms with Crippen LogP contribution in [-0.4, -0.2) is 54.6 Å². The molecule has 2 saturated heterocycles. The fourth-order valence-electron chi connectivity index (χ4n) is 3.86. The molecule has 0 unspecified atom stereocenters. The van der Waals surface area contributed by atoms with Gasteiger partial charge in [-0.25, -0.2) is 0 Å². The molecule has 0 aliphatic carbocycles. The van der Waals surface area contributed by atoms with Crippen molar-refractivity contribution < 1.29 is 29.0 Å². The van der Waals surface area contributed by atoms with Gasteiger partial charge in [0, 0.05) is 13.1 Å². The molecule has 3 rings (SSSR count). The van der Waals surface area contributed by atoms with Crippen LogP contribution in [0.4, 0.5) is 0 Å². The van der Waals surface area contributed by atoms with Gasteiger partial charge in [0.2, 0.25) is 11.8 Å². The molecule has 4 atom stereocenters. The highest BCUT2D eigenvalue weighted by Gasteiger charge is 2.66. The quantitative estimate of drug-likeness (QED) is 0.594. The number of carbonyl (C=O) groups excluding carboxylic acids is 3. The number of amides is 2. The van der Waals surface area contributed by atoms with E-state index in [9.17, 15) is 19.5 Å². The van der Waals surface area contributed by atoms with Crippen LogP contribution < -0.4 is 10.1 Å². The highest BCUT2D eigenvalue weighted by molar-refractivity contribution is 6.09. The zero-order valence-electron chi connectivity index (χ0n) is 14.4. The number of benzene rings is 1. The number of methoxy groups -OCH3 is 2. The van der Waals surface area contributed by atoms with Gasteiger partial charge in [-0.2, -0.15) is 0 Å². The van der Waals surface area contributed by atoms with E-state index in [0.29, 0.717) is 5.56 Å². The molecule has 1 aromatic rings. The Balaban J connectivity index is 2.11. The normalized spacial score (nSPS) is 31.2. The van der Waals surface area contributed by atoms with E-state index in [2.05, 4.69) is 5.32 Å². The van der Waals surface area contributed by atoms with Crippen molar-refractivity contribution >= 4 is 17.8 Å². The minimum Gasteiger partial charge on any atom is -0.504 e. The van der Waals surface area contributed by atoms with Crippen LogP contribution >= 0.6 is 0 Å². The molecule has 8 heteroatoms. The summed E-state index contributed by atoms with van der Waals surface area (Å²) in [5.41, 5.74) is -0.694. The fourth-order valence-corrected chi connectivity index (χ4v) is 3.86. The fraction of sp³-hybridized carbons (Fsp3) is 0.471. The number of imide groups is 1. The minimum atomic E-state index is -1.33. The first kappa shape index (κ1) is 17.2. The van der Waals surface area contributed by atoms with E-state index in [0.717, 1.165) is 4.90 Å². The Bertz CT molecular complexity index is 764. The van der Waals surface area contributed by atoms with Gasteiger partial charge in [0.05, 0.1) is 26.1 Å². The number of ether oxygens (including phenoxy) is 2. The molecule has 2 aliphatic heterocycles. The van der Waals surface area contributed by atoms with Crippen molar-refractivity contribution in [2.45, 2.75) is 18.5 Å². The van der Waals surface area contributed by atoms with Crippen LogP contribution in [0.25, 0.3) is 0 Å².